The molecule has 25 heavy (non-hydrogen) atoms. The van der Waals surface area contributed by atoms with Crippen molar-refractivity contribution in [2.24, 2.45) is 0 Å². The Hall–Kier alpha value is -2.41. The zero-order valence-electron chi connectivity index (χ0n) is 14.5. The molecule has 0 bridgehead atoms. The van der Waals surface area contributed by atoms with Crippen molar-refractivity contribution in [1.82, 2.24) is 9.97 Å². The van der Waals surface area contributed by atoms with Crippen LogP contribution < -0.4 is 10.9 Å². The molecule has 0 radical (unpaired) electrons. The monoisotopic (exact) mass is 359 g/mol. The highest BCUT2D eigenvalue weighted by Crippen LogP contribution is 2.22. The van der Waals surface area contributed by atoms with Crippen LogP contribution in [0, 0.1) is 0 Å². The number of rotatable bonds is 7. The number of thioether (sulfide) groups is 1. The van der Waals surface area contributed by atoms with Crippen LogP contribution in [0.1, 0.15) is 43.2 Å². The largest absolute Gasteiger partial charge is 0.324 e. The van der Waals surface area contributed by atoms with Gasteiger partial charge in [-0.15, -0.1) is 0 Å². The summed E-state index contributed by atoms with van der Waals surface area (Å²) in [6.07, 6.45) is 1.60. The fourth-order valence-electron chi connectivity index (χ4n) is 2.28. The number of aryl methyl sites for hydroxylation is 1. The molecule has 0 spiro atoms. The van der Waals surface area contributed by atoms with Crippen molar-refractivity contribution in [2.75, 3.05) is 5.32 Å². The second-order valence-electron chi connectivity index (χ2n) is 5.64. The van der Waals surface area contributed by atoms with Gasteiger partial charge in [0.25, 0.3) is 5.56 Å². The van der Waals surface area contributed by atoms with Gasteiger partial charge in [-0.1, -0.05) is 37.2 Å². The Morgan fingerprint density at radius 3 is 2.72 bits per heavy atom. The first kappa shape index (κ1) is 18.9. The van der Waals surface area contributed by atoms with Gasteiger partial charge in [0.2, 0.25) is 5.91 Å². The summed E-state index contributed by atoms with van der Waals surface area (Å²) in [5.41, 5.74) is 1.43. The number of aromatic amines is 1. The number of Topliss-reactive ketones (excluding diaryl/α,β-unsaturated/α-hetero) is 1. The van der Waals surface area contributed by atoms with Crippen molar-refractivity contribution in [3.63, 3.8) is 0 Å². The van der Waals surface area contributed by atoms with Crippen LogP contribution in [-0.4, -0.2) is 26.9 Å². The number of amides is 1. The maximum Gasteiger partial charge on any atom is 0.251 e. The second-order valence-corrected chi connectivity index (χ2v) is 6.97. The molecule has 2 N–H and O–H groups in total. The third-order valence-electron chi connectivity index (χ3n) is 3.50. The van der Waals surface area contributed by atoms with E-state index < -0.39 is 5.25 Å². The number of anilines is 1. The smallest absolute Gasteiger partial charge is 0.251 e. The first-order valence-corrected chi connectivity index (χ1v) is 8.96. The molecule has 1 aromatic heterocycles. The molecule has 0 fully saturated rings. The van der Waals surface area contributed by atoms with E-state index in [-0.39, 0.29) is 17.2 Å². The summed E-state index contributed by atoms with van der Waals surface area (Å²) in [4.78, 5) is 42.8. The molecule has 7 heteroatoms. The normalized spacial score (nSPS) is 11.8. The van der Waals surface area contributed by atoms with Crippen molar-refractivity contribution in [3.8, 4) is 0 Å². The summed E-state index contributed by atoms with van der Waals surface area (Å²) >= 11 is 1.18. The third kappa shape index (κ3) is 5.29. The maximum atomic E-state index is 12.4. The van der Waals surface area contributed by atoms with E-state index in [4.69, 9.17) is 0 Å². The first-order valence-electron chi connectivity index (χ1n) is 8.08. The van der Waals surface area contributed by atoms with Crippen molar-refractivity contribution in [1.29, 1.82) is 0 Å². The maximum absolute atomic E-state index is 12.4. The highest BCUT2D eigenvalue weighted by molar-refractivity contribution is 8.00. The highest BCUT2D eigenvalue weighted by Gasteiger charge is 2.18. The summed E-state index contributed by atoms with van der Waals surface area (Å²) < 4.78 is 0. The summed E-state index contributed by atoms with van der Waals surface area (Å²) in [5.74, 6) is -0.378. The molecular formula is C18H21N3O3S. The number of aromatic nitrogens is 2. The van der Waals surface area contributed by atoms with Gasteiger partial charge in [-0.3, -0.25) is 14.4 Å². The molecule has 6 nitrogen and oxygen atoms in total. The molecule has 132 valence electrons. The molecule has 1 amide bonds. The predicted molar refractivity (Wildman–Crippen MR) is 99.2 cm³/mol. The predicted octanol–water partition coefficient (Wildman–Crippen LogP) is 3.04. The molecule has 2 aromatic rings. The van der Waals surface area contributed by atoms with Crippen LogP contribution in [0.3, 0.4) is 0 Å². The summed E-state index contributed by atoms with van der Waals surface area (Å²) in [6.45, 7) is 5.19. The van der Waals surface area contributed by atoms with E-state index in [9.17, 15) is 14.4 Å². The number of para-hydroxylation sites is 1. The summed E-state index contributed by atoms with van der Waals surface area (Å²) in [5, 5.41) is 2.70. The quantitative estimate of drug-likeness (QED) is 0.450. The molecule has 0 aliphatic heterocycles. The SMILES string of the molecule is CCCc1cc(=O)[nH]c(S[C@H](C)C(=O)Nc2ccccc2C(C)=O)n1. The Kier molecular flexibility index (Phi) is 6.52. The fraction of sp³-hybridized carbons (Fsp3) is 0.333. The standard InChI is InChI=1S/C18H21N3O3S/c1-4-7-13-10-16(23)21-18(19-13)25-12(3)17(24)20-15-9-6-5-8-14(15)11(2)22/h5-6,8-10,12H,4,7H2,1-3H3,(H,20,24)(H,19,21,23)/t12-/m1/s1. The molecule has 0 aliphatic rings. The lowest BCUT2D eigenvalue weighted by molar-refractivity contribution is -0.115. The second kappa shape index (κ2) is 8.62. The van der Waals surface area contributed by atoms with E-state index >= 15 is 0 Å². The van der Waals surface area contributed by atoms with Crippen molar-refractivity contribution >= 4 is 29.1 Å². The minimum absolute atomic E-state index is 0.116. The number of hydrogen-bond acceptors (Lipinski definition) is 5. The molecule has 1 aromatic carbocycles. The lowest BCUT2D eigenvalue weighted by atomic mass is 10.1. The number of hydrogen-bond donors (Lipinski definition) is 2. The molecule has 2 rings (SSSR count). The van der Waals surface area contributed by atoms with Crippen LogP contribution in [0.2, 0.25) is 0 Å². The number of carbonyl (C=O) groups excluding carboxylic acids is 2. The Balaban J connectivity index is 2.11. The van der Waals surface area contributed by atoms with Crippen LogP contribution >= 0.6 is 11.8 Å². The molecule has 0 saturated heterocycles. The lowest BCUT2D eigenvalue weighted by Crippen LogP contribution is -2.24. The van der Waals surface area contributed by atoms with Crippen LogP contribution in [0.15, 0.2) is 40.3 Å². The highest BCUT2D eigenvalue weighted by atomic mass is 32.2. The number of carbonyl (C=O) groups is 2. The van der Waals surface area contributed by atoms with Gasteiger partial charge >= 0.3 is 0 Å². The van der Waals surface area contributed by atoms with Crippen molar-refractivity contribution in [2.45, 2.75) is 44.0 Å². The summed E-state index contributed by atoms with van der Waals surface area (Å²) in [6, 6.07) is 8.34. The van der Waals surface area contributed by atoms with E-state index in [0.717, 1.165) is 6.42 Å². The Morgan fingerprint density at radius 2 is 2.04 bits per heavy atom. The fourth-order valence-corrected chi connectivity index (χ4v) is 3.11. The number of nitrogens with zero attached hydrogens (tertiary/aromatic N) is 1. The van der Waals surface area contributed by atoms with Gasteiger partial charge in [0.05, 0.1) is 10.9 Å². The topological polar surface area (TPSA) is 91.9 Å². The van der Waals surface area contributed by atoms with E-state index in [1.165, 1.54) is 24.8 Å². The molecule has 0 unspecified atom stereocenters. The van der Waals surface area contributed by atoms with Gasteiger partial charge in [0.15, 0.2) is 10.9 Å². The average molecular weight is 359 g/mol. The van der Waals surface area contributed by atoms with Crippen molar-refractivity contribution < 1.29 is 9.59 Å². The third-order valence-corrected chi connectivity index (χ3v) is 4.49. The van der Waals surface area contributed by atoms with Crippen LogP contribution in [-0.2, 0) is 11.2 Å². The van der Waals surface area contributed by atoms with E-state index in [2.05, 4.69) is 15.3 Å². The summed E-state index contributed by atoms with van der Waals surface area (Å²) in [7, 11) is 0. The van der Waals surface area contributed by atoms with Gasteiger partial charge in [-0.25, -0.2) is 4.98 Å². The van der Waals surface area contributed by atoms with Gasteiger partial charge in [-0.2, -0.15) is 0 Å². The number of ketones is 1. The van der Waals surface area contributed by atoms with E-state index in [0.29, 0.717) is 28.5 Å². The number of H-pyrrole nitrogens is 1. The molecule has 1 heterocycles. The van der Waals surface area contributed by atoms with Crippen LogP contribution in [0.5, 0.6) is 0 Å². The van der Waals surface area contributed by atoms with E-state index in [1.54, 1.807) is 31.2 Å². The minimum Gasteiger partial charge on any atom is -0.324 e. The lowest BCUT2D eigenvalue weighted by Gasteiger charge is -2.13. The average Bonchev–Trinajstić information content (AvgIpc) is 2.54. The Morgan fingerprint density at radius 1 is 1.32 bits per heavy atom. The number of nitrogens with one attached hydrogen (secondary N) is 2. The van der Waals surface area contributed by atoms with Crippen LogP contribution in [0.4, 0.5) is 5.69 Å². The first-order chi connectivity index (χ1) is 11.9. The minimum atomic E-state index is -0.486. The van der Waals surface area contributed by atoms with Gasteiger partial charge < -0.3 is 10.3 Å². The molecule has 0 saturated carbocycles. The molecule has 1 atom stereocenters. The van der Waals surface area contributed by atoms with E-state index in [1.807, 2.05) is 6.92 Å². The molecule has 0 aliphatic carbocycles. The Labute approximate surface area is 150 Å². The van der Waals surface area contributed by atoms with Gasteiger partial charge in [0.1, 0.15) is 0 Å². The van der Waals surface area contributed by atoms with Gasteiger partial charge in [-0.05, 0) is 32.4 Å². The number of benzene rings is 1. The molecular weight excluding hydrogens is 338 g/mol. The van der Waals surface area contributed by atoms with Crippen LogP contribution in [0.25, 0.3) is 0 Å². The Bertz CT molecular complexity index is 832. The zero-order valence-corrected chi connectivity index (χ0v) is 15.3. The van der Waals surface area contributed by atoms with Crippen molar-refractivity contribution in [3.05, 3.63) is 51.9 Å². The van der Waals surface area contributed by atoms with Gasteiger partial charge in [0, 0.05) is 17.3 Å². The zero-order chi connectivity index (χ0) is 18.4.